The third kappa shape index (κ3) is 10.3. The lowest BCUT2D eigenvalue weighted by molar-refractivity contribution is -0.137. The maximum atomic E-state index is 11.8. The van der Waals surface area contributed by atoms with Crippen LogP contribution < -0.4 is 5.32 Å². The van der Waals surface area contributed by atoms with Crippen LogP contribution >= 0.6 is 15.9 Å². The molecule has 0 aliphatic heterocycles. The highest BCUT2D eigenvalue weighted by atomic mass is 79.9. The molecule has 0 unspecified atom stereocenters. The van der Waals surface area contributed by atoms with Gasteiger partial charge in [-0.1, -0.05) is 35.4 Å². The number of hydrogen-bond donors (Lipinski definition) is 1. The Kier molecular flexibility index (Phi) is 9.33. The second-order valence-corrected chi connectivity index (χ2v) is 6.76. The van der Waals surface area contributed by atoms with Gasteiger partial charge in [0.05, 0.1) is 12.6 Å². The van der Waals surface area contributed by atoms with Crippen molar-refractivity contribution in [1.82, 2.24) is 5.32 Å². The third-order valence-corrected chi connectivity index (χ3v) is 3.39. The second-order valence-electron chi connectivity index (χ2n) is 5.59. The van der Waals surface area contributed by atoms with Crippen molar-refractivity contribution < 1.29 is 19.1 Å². The minimum absolute atomic E-state index is 0.0145. The molecule has 1 amide bonds. The van der Waals surface area contributed by atoms with E-state index in [9.17, 15) is 9.59 Å². The first kappa shape index (κ1) is 20.0. The second kappa shape index (κ2) is 9.82. The zero-order valence-corrected chi connectivity index (χ0v) is 15.0. The average Bonchev–Trinajstić information content (AvgIpc) is 2.32. The highest BCUT2D eigenvalue weighted by Crippen LogP contribution is 2.15. The van der Waals surface area contributed by atoms with Gasteiger partial charge in [-0.3, -0.25) is 0 Å². The minimum Gasteiger partial charge on any atom is -0.463 e. The maximum absolute atomic E-state index is 11.8. The topological polar surface area (TPSA) is 64.6 Å². The highest BCUT2D eigenvalue weighted by Gasteiger charge is 2.22. The molecule has 6 heteroatoms. The summed E-state index contributed by atoms with van der Waals surface area (Å²) in [7, 11) is 0. The van der Waals surface area contributed by atoms with E-state index in [4.69, 9.17) is 9.47 Å². The molecule has 0 aromatic heterocycles. The Hall–Kier alpha value is -1.04. The zero-order valence-electron chi connectivity index (χ0n) is 13.4. The minimum atomic E-state index is -0.563. The molecule has 0 heterocycles. The summed E-state index contributed by atoms with van der Waals surface area (Å²) >= 11 is 3.53. The van der Waals surface area contributed by atoms with Crippen LogP contribution in [-0.4, -0.2) is 35.1 Å². The highest BCUT2D eigenvalue weighted by molar-refractivity contribution is 9.09. The number of halogens is 1. The molecule has 122 valence electrons. The fourth-order valence-electron chi connectivity index (χ4n) is 1.53. The van der Waals surface area contributed by atoms with E-state index >= 15 is 0 Å². The van der Waals surface area contributed by atoms with Crippen LogP contribution in [0.5, 0.6) is 0 Å². The molecular weight excluding hydrogens is 338 g/mol. The summed E-state index contributed by atoms with van der Waals surface area (Å²) < 4.78 is 10.1. The van der Waals surface area contributed by atoms with Crippen LogP contribution in [0.1, 0.15) is 47.5 Å². The van der Waals surface area contributed by atoms with Crippen LogP contribution in [0, 0.1) is 0 Å². The number of hydrogen-bond acceptors (Lipinski definition) is 4. The summed E-state index contributed by atoms with van der Waals surface area (Å²) in [4.78, 5) is 23.2. The molecule has 0 spiro atoms. The SMILES string of the molecule is CCC[C@H](Br)[C@@H](/C=C/C(=O)OCC)NC(=O)OC(C)(C)C. The van der Waals surface area contributed by atoms with Gasteiger partial charge in [-0.15, -0.1) is 0 Å². The Morgan fingerprint density at radius 2 is 1.90 bits per heavy atom. The van der Waals surface area contributed by atoms with Gasteiger partial charge in [0, 0.05) is 10.9 Å². The predicted octanol–water partition coefficient (Wildman–Crippen LogP) is 3.56. The predicted molar refractivity (Wildman–Crippen MR) is 86.6 cm³/mol. The number of carbonyl (C=O) groups is 2. The van der Waals surface area contributed by atoms with Crippen LogP contribution in [0.4, 0.5) is 4.79 Å². The van der Waals surface area contributed by atoms with Gasteiger partial charge in [0.2, 0.25) is 0 Å². The quantitative estimate of drug-likeness (QED) is 0.426. The largest absolute Gasteiger partial charge is 0.463 e. The molecule has 0 aromatic rings. The fourth-order valence-corrected chi connectivity index (χ4v) is 2.30. The molecule has 0 aromatic carbocycles. The molecule has 2 atom stereocenters. The summed E-state index contributed by atoms with van der Waals surface area (Å²) in [5, 5.41) is 2.75. The molecule has 0 radical (unpaired) electrons. The Morgan fingerprint density at radius 1 is 1.29 bits per heavy atom. The molecule has 0 saturated heterocycles. The summed E-state index contributed by atoms with van der Waals surface area (Å²) in [6.45, 7) is 9.51. The Labute approximate surface area is 135 Å². The Balaban J connectivity index is 4.74. The van der Waals surface area contributed by atoms with Gasteiger partial charge >= 0.3 is 12.1 Å². The Bertz CT molecular complexity index is 363. The normalized spacial score (nSPS) is 14.6. The summed E-state index contributed by atoms with van der Waals surface area (Å²) in [6.07, 6.45) is 4.25. The van der Waals surface area contributed by atoms with Gasteiger partial charge in [-0.2, -0.15) is 0 Å². The van der Waals surface area contributed by atoms with Gasteiger partial charge < -0.3 is 14.8 Å². The number of ether oxygens (including phenoxy) is 2. The number of alkyl carbamates (subject to hydrolysis) is 1. The fraction of sp³-hybridized carbons (Fsp3) is 0.733. The van der Waals surface area contributed by atoms with Crippen LogP contribution in [-0.2, 0) is 14.3 Å². The molecule has 0 aliphatic carbocycles. The number of alkyl halides is 1. The first-order valence-electron chi connectivity index (χ1n) is 7.18. The van der Waals surface area contributed by atoms with Crippen molar-refractivity contribution in [2.75, 3.05) is 6.61 Å². The Morgan fingerprint density at radius 3 is 2.38 bits per heavy atom. The number of rotatable bonds is 7. The number of nitrogens with one attached hydrogen (secondary N) is 1. The molecule has 0 bridgehead atoms. The van der Waals surface area contributed by atoms with Crippen LogP contribution in [0.3, 0.4) is 0 Å². The van der Waals surface area contributed by atoms with E-state index in [2.05, 4.69) is 21.2 Å². The first-order valence-corrected chi connectivity index (χ1v) is 8.09. The van der Waals surface area contributed by atoms with E-state index in [0.717, 1.165) is 12.8 Å². The lowest BCUT2D eigenvalue weighted by atomic mass is 10.1. The monoisotopic (exact) mass is 363 g/mol. The molecule has 5 nitrogen and oxygen atoms in total. The molecule has 0 fully saturated rings. The van der Waals surface area contributed by atoms with Crippen molar-refractivity contribution >= 4 is 28.0 Å². The van der Waals surface area contributed by atoms with Crippen LogP contribution in [0.15, 0.2) is 12.2 Å². The van der Waals surface area contributed by atoms with E-state index in [1.807, 2.05) is 6.92 Å². The smallest absolute Gasteiger partial charge is 0.408 e. The van der Waals surface area contributed by atoms with Gasteiger partial charge in [-0.25, -0.2) is 9.59 Å². The number of carbonyl (C=O) groups excluding carboxylic acids is 2. The van der Waals surface area contributed by atoms with Crippen molar-refractivity contribution in [3.05, 3.63) is 12.2 Å². The van der Waals surface area contributed by atoms with E-state index in [1.165, 1.54) is 6.08 Å². The average molecular weight is 364 g/mol. The summed E-state index contributed by atoms with van der Waals surface area (Å²) in [5.74, 6) is -0.426. The van der Waals surface area contributed by atoms with Gasteiger partial charge in [0.15, 0.2) is 0 Å². The first-order chi connectivity index (χ1) is 9.69. The van der Waals surface area contributed by atoms with Gasteiger partial charge in [-0.05, 0) is 34.1 Å². The molecule has 0 saturated carbocycles. The van der Waals surface area contributed by atoms with Crippen molar-refractivity contribution in [3.63, 3.8) is 0 Å². The van der Waals surface area contributed by atoms with E-state index < -0.39 is 17.7 Å². The lowest BCUT2D eigenvalue weighted by Crippen LogP contribution is -2.42. The maximum Gasteiger partial charge on any atom is 0.408 e. The van der Waals surface area contributed by atoms with Crippen molar-refractivity contribution in [1.29, 1.82) is 0 Å². The molecule has 0 aliphatic rings. The third-order valence-electron chi connectivity index (χ3n) is 2.36. The standard InChI is InChI=1S/C15H26BrNO4/c1-6-8-11(16)12(9-10-13(18)20-7-2)17-14(19)21-15(3,4)5/h9-12H,6-8H2,1-5H3,(H,17,19)/b10-9+/t11-,12+/m0/s1. The van der Waals surface area contributed by atoms with Crippen molar-refractivity contribution in [3.8, 4) is 0 Å². The summed E-state index contributed by atoms with van der Waals surface area (Å²) in [5.41, 5.74) is -0.563. The van der Waals surface area contributed by atoms with E-state index in [0.29, 0.717) is 6.61 Å². The molecule has 0 rings (SSSR count). The van der Waals surface area contributed by atoms with E-state index in [1.54, 1.807) is 33.8 Å². The zero-order chi connectivity index (χ0) is 16.5. The molecule has 21 heavy (non-hydrogen) atoms. The van der Waals surface area contributed by atoms with Gasteiger partial charge in [0.1, 0.15) is 5.60 Å². The van der Waals surface area contributed by atoms with E-state index in [-0.39, 0.29) is 10.9 Å². The number of amides is 1. The lowest BCUT2D eigenvalue weighted by Gasteiger charge is -2.24. The molecule has 1 N–H and O–H groups in total. The van der Waals surface area contributed by atoms with Gasteiger partial charge in [0.25, 0.3) is 0 Å². The number of esters is 1. The molecular formula is C15H26BrNO4. The van der Waals surface area contributed by atoms with Crippen molar-refractivity contribution in [2.45, 2.75) is 63.9 Å². The van der Waals surface area contributed by atoms with Crippen molar-refractivity contribution in [2.24, 2.45) is 0 Å². The van der Waals surface area contributed by atoms with Crippen LogP contribution in [0.2, 0.25) is 0 Å². The van der Waals surface area contributed by atoms with Crippen LogP contribution in [0.25, 0.3) is 0 Å². The summed E-state index contributed by atoms with van der Waals surface area (Å²) in [6, 6.07) is -0.343.